The van der Waals surface area contributed by atoms with Crippen molar-refractivity contribution in [2.75, 3.05) is 6.61 Å². The molecule has 0 heterocycles. The average molecular weight is 407 g/mol. The summed E-state index contributed by atoms with van der Waals surface area (Å²) in [6.07, 6.45) is 14.3. The van der Waals surface area contributed by atoms with Gasteiger partial charge in [0.2, 0.25) is 5.82 Å². The number of ether oxygens (including phenoxy) is 1. The van der Waals surface area contributed by atoms with Crippen molar-refractivity contribution in [3.8, 4) is 5.75 Å². The summed E-state index contributed by atoms with van der Waals surface area (Å²) in [5, 5.41) is 0. The van der Waals surface area contributed by atoms with Gasteiger partial charge in [-0.25, -0.2) is 4.39 Å². The van der Waals surface area contributed by atoms with E-state index < -0.39 is 11.6 Å². The van der Waals surface area contributed by atoms with Gasteiger partial charge in [-0.05, 0) is 79.7 Å². The van der Waals surface area contributed by atoms with Gasteiger partial charge in [-0.3, -0.25) is 0 Å². The van der Waals surface area contributed by atoms with E-state index in [2.05, 4.69) is 20.8 Å². The molecule has 164 valence electrons. The maximum Gasteiger partial charge on any atom is 0.200 e. The number of unbranched alkanes of at least 4 members (excludes halogenated alkanes) is 1. The Kier molecular flexibility index (Phi) is 7.99. The van der Waals surface area contributed by atoms with Crippen molar-refractivity contribution in [3.63, 3.8) is 0 Å². The highest BCUT2D eigenvalue weighted by atomic mass is 19.2. The fourth-order valence-corrected chi connectivity index (χ4v) is 5.81. The van der Waals surface area contributed by atoms with Gasteiger partial charge in [-0.1, -0.05) is 58.9 Å². The van der Waals surface area contributed by atoms with Crippen LogP contribution in [0.5, 0.6) is 5.75 Å². The van der Waals surface area contributed by atoms with E-state index in [-0.39, 0.29) is 11.2 Å². The maximum absolute atomic E-state index is 14.9. The zero-order valence-corrected chi connectivity index (χ0v) is 18.7. The minimum atomic E-state index is -0.809. The summed E-state index contributed by atoms with van der Waals surface area (Å²) in [6.45, 7) is 6.90. The van der Waals surface area contributed by atoms with Gasteiger partial charge in [0.25, 0.3) is 0 Å². The number of hydrogen-bond acceptors (Lipinski definition) is 1. The molecule has 0 aliphatic heterocycles. The Hall–Kier alpha value is -1.12. The molecular weight excluding hydrogens is 366 g/mol. The highest BCUT2D eigenvalue weighted by Gasteiger charge is 2.38. The minimum absolute atomic E-state index is 0.0563. The lowest BCUT2D eigenvalue weighted by molar-refractivity contribution is 0.133. The molecule has 2 aliphatic rings. The molecule has 1 aromatic carbocycles. The normalized spacial score (nSPS) is 30.3. The van der Waals surface area contributed by atoms with Crippen LogP contribution in [0.1, 0.15) is 103 Å². The predicted molar refractivity (Wildman–Crippen MR) is 116 cm³/mol. The van der Waals surface area contributed by atoms with Crippen LogP contribution in [0.3, 0.4) is 0 Å². The molecular formula is C26H40F2O. The highest BCUT2D eigenvalue weighted by molar-refractivity contribution is 5.35. The second kappa shape index (κ2) is 10.3. The van der Waals surface area contributed by atoms with E-state index in [1.807, 2.05) is 0 Å². The topological polar surface area (TPSA) is 9.23 Å². The first-order chi connectivity index (χ1) is 14.0. The third-order valence-electron chi connectivity index (χ3n) is 7.84. The Morgan fingerprint density at radius 1 is 0.897 bits per heavy atom. The largest absolute Gasteiger partial charge is 0.490 e. The zero-order valence-electron chi connectivity index (χ0n) is 18.7. The van der Waals surface area contributed by atoms with E-state index in [1.165, 1.54) is 38.5 Å². The van der Waals surface area contributed by atoms with Crippen LogP contribution in [0.15, 0.2) is 12.1 Å². The van der Waals surface area contributed by atoms with Gasteiger partial charge < -0.3 is 4.74 Å². The standard InChI is InChI=1S/C26H40F2O/c1-4-6-18-29-23-13-12-22(24(27)25(23)28)26(3)16-14-21(15-17-26)20-10-8-19(7-5-2)9-11-20/h12-13,19-21H,4-11,14-18H2,1-3H3. The first kappa shape index (κ1) is 22.6. The number of hydrogen-bond donors (Lipinski definition) is 0. The van der Waals surface area contributed by atoms with E-state index in [9.17, 15) is 8.78 Å². The van der Waals surface area contributed by atoms with Crippen molar-refractivity contribution in [3.05, 3.63) is 29.3 Å². The third kappa shape index (κ3) is 5.33. The molecule has 0 aromatic heterocycles. The molecule has 3 rings (SSSR count). The van der Waals surface area contributed by atoms with Gasteiger partial charge in [0.15, 0.2) is 11.6 Å². The molecule has 0 saturated heterocycles. The number of halogens is 2. The third-order valence-corrected chi connectivity index (χ3v) is 7.84. The zero-order chi connectivity index (χ0) is 20.9. The lowest BCUT2D eigenvalue weighted by Crippen LogP contribution is -2.33. The summed E-state index contributed by atoms with van der Waals surface area (Å²) < 4.78 is 34.9. The van der Waals surface area contributed by atoms with Gasteiger partial charge in [-0.15, -0.1) is 0 Å². The fraction of sp³-hybridized carbons (Fsp3) is 0.769. The Labute approximate surface area is 176 Å². The summed E-state index contributed by atoms with van der Waals surface area (Å²) in [4.78, 5) is 0. The molecule has 1 nitrogen and oxygen atoms in total. The van der Waals surface area contributed by atoms with E-state index in [0.717, 1.165) is 56.3 Å². The summed E-state index contributed by atoms with van der Waals surface area (Å²) in [7, 11) is 0. The molecule has 0 N–H and O–H groups in total. The van der Waals surface area contributed by atoms with Crippen molar-refractivity contribution >= 4 is 0 Å². The Morgan fingerprint density at radius 2 is 1.55 bits per heavy atom. The van der Waals surface area contributed by atoms with E-state index >= 15 is 0 Å². The van der Waals surface area contributed by atoms with Gasteiger partial charge in [0, 0.05) is 0 Å². The highest BCUT2D eigenvalue weighted by Crippen LogP contribution is 2.48. The van der Waals surface area contributed by atoms with Gasteiger partial charge >= 0.3 is 0 Å². The Bertz CT molecular complexity index is 640. The summed E-state index contributed by atoms with van der Waals surface area (Å²) >= 11 is 0. The van der Waals surface area contributed by atoms with Gasteiger partial charge in [0.05, 0.1) is 6.61 Å². The summed E-state index contributed by atoms with van der Waals surface area (Å²) in [5.74, 6) is 1.12. The molecule has 2 aliphatic carbocycles. The van der Waals surface area contributed by atoms with Gasteiger partial charge in [0.1, 0.15) is 0 Å². The van der Waals surface area contributed by atoms with Crippen molar-refractivity contribution in [2.45, 2.75) is 103 Å². The second-order valence-corrected chi connectivity index (χ2v) is 9.91. The lowest BCUT2D eigenvalue weighted by Gasteiger charge is -2.42. The SMILES string of the molecule is CCCCOc1ccc(C2(C)CCC(C3CCC(CCC)CC3)CC2)c(F)c1F. The number of benzene rings is 1. The average Bonchev–Trinajstić information content (AvgIpc) is 2.73. The van der Waals surface area contributed by atoms with Crippen LogP contribution in [0.2, 0.25) is 0 Å². The molecule has 3 heteroatoms. The van der Waals surface area contributed by atoms with Crippen molar-refractivity contribution < 1.29 is 13.5 Å². The lowest BCUT2D eigenvalue weighted by atomic mass is 9.63. The Morgan fingerprint density at radius 3 is 2.17 bits per heavy atom. The van der Waals surface area contributed by atoms with Crippen LogP contribution >= 0.6 is 0 Å². The summed E-state index contributed by atoms with van der Waals surface area (Å²) in [5.41, 5.74) is 0.283. The minimum Gasteiger partial charge on any atom is -0.490 e. The monoisotopic (exact) mass is 406 g/mol. The second-order valence-electron chi connectivity index (χ2n) is 9.91. The maximum atomic E-state index is 14.9. The molecule has 1 aromatic rings. The molecule has 0 spiro atoms. The molecule has 0 atom stereocenters. The van der Waals surface area contributed by atoms with Crippen LogP contribution in [0.25, 0.3) is 0 Å². The molecule has 29 heavy (non-hydrogen) atoms. The van der Waals surface area contributed by atoms with E-state index in [0.29, 0.717) is 12.2 Å². The fourth-order valence-electron chi connectivity index (χ4n) is 5.81. The smallest absolute Gasteiger partial charge is 0.200 e. The molecule has 2 saturated carbocycles. The van der Waals surface area contributed by atoms with Crippen LogP contribution in [0, 0.1) is 29.4 Å². The number of rotatable bonds is 8. The molecule has 0 unspecified atom stereocenters. The molecule has 0 bridgehead atoms. The van der Waals surface area contributed by atoms with Crippen molar-refractivity contribution in [1.29, 1.82) is 0 Å². The molecule has 0 amide bonds. The van der Waals surface area contributed by atoms with Crippen molar-refractivity contribution in [2.24, 2.45) is 17.8 Å². The van der Waals surface area contributed by atoms with Crippen LogP contribution in [0.4, 0.5) is 8.78 Å². The van der Waals surface area contributed by atoms with Crippen LogP contribution < -0.4 is 4.74 Å². The first-order valence-corrected chi connectivity index (χ1v) is 12.1. The van der Waals surface area contributed by atoms with E-state index in [1.54, 1.807) is 12.1 Å². The Balaban J connectivity index is 1.59. The van der Waals surface area contributed by atoms with Gasteiger partial charge in [-0.2, -0.15) is 4.39 Å². The van der Waals surface area contributed by atoms with E-state index in [4.69, 9.17) is 4.74 Å². The van der Waals surface area contributed by atoms with Crippen LogP contribution in [-0.4, -0.2) is 6.61 Å². The quantitative estimate of drug-likeness (QED) is 0.395. The molecule has 2 fully saturated rings. The first-order valence-electron chi connectivity index (χ1n) is 12.1. The van der Waals surface area contributed by atoms with Crippen LogP contribution in [-0.2, 0) is 5.41 Å². The summed E-state index contributed by atoms with van der Waals surface area (Å²) in [6, 6.07) is 3.41. The van der Waals surface area contributed by atoms with Crippen molar-refractivity contribution in [1.82, 2.24) is 0 Å². The molecule has 0 radical (unpaired) electrons. The predicted octanol–water partition coefficient (Wildman–Crippen LogP) is 8.20.